The maximum Gasteiger partial charge on any atom is 0.305 e. The van der Waals surface area contributed by atoms with Gasteiger partial charge in [-0.2, -0.15) is 0 Å². The number of hydrogen-bond acceptors (Lipinski definition) is 2. The van der Waals surface area contributed by atoms with Crippen molar-refractivity contribution >= 4 is 23.3 Å². The lowest BCUT2D eigenvalue weighted by Crippen LogP contribution is -2.39. The molecule has 1 aliphatic rings. The fraction of sp³-hybridized carbons (Fsp3) is 0.462. The Hall–Kier alpha value is -1.22. The second kappa shape index (κ2) is 4.57. The molecular formula is C13H16ClNO2. The Labute approximate surface area is 106 Å². The smallest absolute Gasteiger partial charge is 0.305 e. The second-order valence-electron chi connectivity index (χ2n) is 4.73. The number of nitrogens with zero attached hydrogens (tertiary/aromatic N) is 1. The van der Waals surface area contributed by atoms with Crippen molar-refractivity contribution in [1.82, 2.24) is 0 Å². The number of carboxylic acid groups (broad SMARTS) is 1. The molecule has 3 nitrogen and oxygen atoms in total. The fourth-order valence-corrected chi connectivity index (χ4v) is 2.78. The van der Waals surface area contributed by atoms with Crippen LogP contribution in [0.5, 0.6) is 0 Å². The van der Waals surface area contributed by atoms with Crippen LogP contribution in [0.1, 0.15) is 25.8 Å². The van der Waals surface area contributed by atoms with Crippen LogP contribution in [-0.2, 0) is 11.2 Å². The molecule has 0 saturated heterocycles. The molecule has 1 heterocycles. The van der Waals surface area contributed by atoms with E-state index in [1.54, 1.807) is 0 Å². The van der Waals surface area contributed by atoms with Gasteiger partial charge in [0.15, 0.2) is 0 Å². The van der Waals surface area contributed by atoms with Gasteiger partial charge in [-0.1, -0.05) is 11.6 Å². The number of hydrogen-bond donors (Lipinski definition) is 1. The van der Waals surface area contributed by atoms with Crippen molar-refractivity contribution in [1.29, 1.82) is 0 Å². The molecule has 0 fully saturated rings. The quantitative estimate of drug-likeness (QED) is 0.900. The summed E-state index contributed by atoms with van der Waals surface area (Å²) < 4.78 is 0. The molecule has 4 heteroatoms. The zero-order chi connectivity index (χ0) is 12.6. The fourth-order valence-electron chi connectivity index (χ4n) is 2.59. The van der Waals surface area contributed by atoms with Crippen LogP contribution < -0.4 is 4.90 Å². The largest absolute Gasteiger partial charge is 0.481 e. The van der Waals surface area contributed by atoms with Crippen LogP contribution in [-0.4, -0.2) is 23.2 Å². The highest BCUT2D eigenvalue weighted by molar-refractivity contribution is 6.30. The summed E-state index contributed by atoms with van der Waals surface area (Å²) in [5.41, 5.74) is 2.27. The molecule has 2 rings (SSSR count). The normalized spacial score (nSPS) is 18.6. The number of fused-ring (bicyclic) bond motifs is 1. The Bertz CT molecular complexity index is 445. The van der Waals surface area contributed by atoms with E-state index in [2.05, 4.69) is 18.7 Å². The number of carbonyl (C=O) groups is 1. The molecule has 0 amide bonds. The van der Waals surface area contributed by atoms with Gasteiger partial charge in [-0.05, 0) is 44.0 Å². The van der Waals surface area contributed by atoms with Crippen molar-refractivity contribution in [2.75, 3.05) is 4.90 Å². The molecule has 0 saturated carbocycles. The number of carboxylic acids is 1. The van der Waals surface area contributed by atoms with Crippen LogP contribution in [0.3, 0.4) is 0 Å². The van der Waals surface area contributed by atoms with Crippen LogP contribution in [0.2, 0.25) is 5.02 Å². The average molecular weight is 254 g/mol. The minimum Gasteiger partial charge on any atom is -0.481 e. The first kappa shape index (κ1) is 12.2. The van der Waals surface area contributed by atoms with Gasteiger partial charge in [-0.25, -0.2) is 0 Å². The van der Waals surface area contributed by atoms with Crippen molar-refractivity contribution in [2.24, 2.45) is 0 Å². The Morgan fingerprint density at radius 3 is 2.88 bits per heavy atom. The minimum atomic E-state index is -0.750. The Morgan fingerprint density at radius 1 is 1.59 bits per heavy atom. The zero-order valence-corrected chi connectivity index (χ0v) is 10.7. The summed E-state index contributed by atoms with van der Waals surface area (Å²) in [5.74, 6) is -0.750. The van der Waals surface area contributed by atoms with Crippen molar-refractivity contribution in [2.45, 2.75) is 38.8 Å². The lowest BCUT2D eigenvalue weighted by Gasteiger charge is -2.30. The molecule has 1 aromatic carbocycles. The third-order valence-electron chi connectivity index (χ3n) is 3.14. The van der Waals surface area contributed by atoms with Gasteiger partial charge >= 0.3 is 5.97 Å². The standard InChI is InChI=1S/C13H16ClNO2/c1-8(2)15-11(7-13(16)17)6-9-5-10(14)3-4-12(9)15/h3-5,8,11H,6-7H2,1-2H3,(H,16,17). The first-order valence-corrected chi connectivity index (χ1v) is 6.15. The molecule has 0 aliphatic carbocycles. The predicted octanol–water partition coefficient (Wildman–Crippen LogP) is 2.95. The summed E-state index contributed by atoms with van der Waals surface area (Å²) in [6.07, 6.45) is 0.935. The maximum absolute atomic E-state index is 10.9. The first-order valence-electron chi connectivity index (χ1n) is 5.77. The van der Waals surface area contributed by atoms with E-state index in [4.69, 9.17) is 16.7 Å². The van der Waals surface area contributed by atoms with E-state index in [1.165, 1.54) is 0 Å². The third kappa shape index (κ3) is 2.39. The Balaban J connectivity index is 2.33. The van der Waals surface area contributed by atoms with Crippen molar-refractivity contribution < 1.29 is 9.90 Å². The molecule has 0 aromatic heterocycles. The van der Waals surface area contributed by atoms with Crippen LogP contribution >= 0.6 is 11.6 Å². The van der Waals surface area contributed by atoms with E-state index in [-0.39, 0.29) is 12.5 Å². The Kier molecular flexibility index (Phi) is 3.29. The van der Waals surface area contributed by atoms with Gasteiger partial charge < -0.3 is 10.0 Å². The molecule has 0 bridgehead atoms. The van der Waals surface area contributed by atoms with Gasteiger partial charge in [-0.15, -0.1) is 0 Å². The first-order chi connectivity index (χ1) is 7.99. The van der Waals surface area contributed by atoms with Gasteiger partial charge in [0.05, 0.1) is 6.42 Å². The second-order valence-corrected chi connectivity index (χ2v) is 5.17. The van der Waals surface area contributed by atoms with Gasteiger partial charge in [-0.3, -0.25) is 4.79 Å². The SMILES string of the molecule is CC(C)N1c2ccc(Cl)cc2CC1CC(=O)O. The van der Waals surface area contributed by atoms with Crippen molar-refractivity contribution in [3.05, 3.63) is 28.8 Å². The summed E-state index contributed by atoms with van der Waals surface area (Å²) >= 11 is 5.97. The summed E-state index contributed by atoms with van der Waals surface area (Å²) in [6.45, 7) is 4.16. The highest BCUT2D eigenvalue weighted by Gasteiger charge is 2.32. The molecule has 0 radical (unpaired) electrons. The lowest BCUT2D eigenvalue weighted by atomic mass is 10.1. The zero-order valence-electron chi connectivity index (χ0n) is 9.98. The van der Waals surface area contributed by atoms with Crippen LogP contribution in [0, 0.1) is 0 Å². The van der Waals surface area contributed by atoms with Crippen molar-refractivity contribution in [3.8, 4) is 0 Å². The molecule has 92 valence electrons. The van der Waals surface area contributed by atoms with Gasteiger partial charge in [0.1, 0.15) is 0 Å². The molecule has 1 aliphatic heterocycles. The highest BCUT2D eigenvalue weighted by atomic mass is 35.5. The Morgan fingerprint density at radius 2 is 2.29 bits per heavy atom. The number of rotatable bonds is 3. The van der Waals surface area contributed by atoms with E-state index >= 15 is 0 Å². The highest BCUT2D eigenvalue weighted by Crippen LogP contribution is 2.36. The van der Waals surface area contributed by atoms with E-state index < -0.39 is 5.97 Å². The molecule has 17 heavy (non-hydrogen) atoms. The maximum atomic E-state index is 10.9. The average Bonchev–Trinajstić information content (AvgIpc) is 2.53. The molecule has 0 spiro atoms. The van der Waals surface area contributed by atoms with Crippen LogP contribution in [0.15, 0.2) is 18.2 Å². The minimum absolute atomic E-state index is 0.0426. The summed E-state index contributed by atoms with van der Waals surface area (Å²) in [7, 11) is 0. The lowest BCUT2D eigenvalue weighted by molar-refractivity contribution is -0.137. The van der Waals surface area contributed by atoms with E-state index in [0.717, 1.165) is 17.7 Å². The molecule has 1 N–H and O–H groups in total. The number of aliphatic carboxylic acids is 1. The summed E-state index contributed by atoms with van der Waals surface area (Å²) in [4.78, 5) is 13.1. The van der Waals surface area contributed by atoms with Crippen LogP contribution in [0.25, 0.3) is 0 Å². The van der Waals surface area contributed by atoms with Crippen LogP contribution in [0.4, 0.5) is 5.69 Å². The monoisotopic (exact) mass is 253 g/mol. The third-order valence-corrected chi connectivity index (χ3v) is 3.37. The summed E-state index contributed by atoms with van der Waals surface area (Å²) in [5, 5.41) is 9.67. The topological polar surface area (TPSA) is 40.5 Å². The number of benzene rings is 1. The van der Waals surface area contributed by atoms with E-state index in [0.29, 0.717) is 11.1 Å². The van der Waals surface area contributed by atoms with Gasteiger partial charge in [0, 0.05) is 22.8 Å². The number of halogens is 1. The molecule has 1 atom stereocenters. The number of anilines is 1. The molecule has 1 unspecified atom stereocenters. The van der Waals surface area contributed by atoms with E-state index in [1.807, 2.05) is 18.2 Å². The molecular weight excluding hydrogens is 238 g/mol. The van der Waals surface area contributed by atoms with Gasteiger partial charge in [0.25, 0.3) is 0 Å². The van der Waals surface area contributed by atoms with Crippen molar-refractivity contribution in [3.63, 3.8) is 0 Å². The summed E-state index contributed by atoms with van der Waals surface area (Å²) in [6, 6.07) is 6.12. The predicted molar refractivity (Wildman–Crippen MR) is 68.8 cm³/mol. The van der Waals surface area contributed by atoms with E-state index in [9.17, 15) is 4.79 Å². The van der Waals surface area contributed by atoms with Gasteiger partial charge in [0.2, 0.25) is 0 Å². The molecule has 1 aromatic rings.